The van der Waals surface area contributed by atoms with E-state index < -0.39 is 0 Å². The van der Waals surface area contributed by atoms with E-state index >= 15 is 0 Å². The largest absolute Gasteiger partial charge is 0.507 e. The quantitative estimate of drug-likeness (QED) is 0.649. The maximum absolute atomic E-state index is 10.9. The minimum absolute atomic E-state index is 0.0148. The molecule has 0 saturated carbocycles. The molecule has 0 bridgehead atoms. The van der Waals surface area contributed by atoms with Crippen molar-refractivity contribution in [2.45, 2.75) is 19.9 Å². The van der Waals surface area contributed by atoms with Gasteiger partial charge in [0.15, 0.2) is 0 Å². The lowest BCUT2D eigenvalue weighted by molar-refractivity contribution is -0.120. The number of phenols is 1. The number of carbonyl (C=O) groups excluding carboxylic acids is 1. The first-order chi connectivity index (χ1) is 7.65. The maximum atomic E-state index is 10.9. The summed E-state index contributed by atoms with van der Waals surface area (Å²) < 4.78 is 0. The molecule has 0 aromatic heterocycles. The molecule has 0 atom stereocenters. The number of phenolic OH excluding ortho intramolecular Hbond substituents is 1. The molecule has 16 heavy (non-hydrogen) atoms. The zero-order valence-electron chi connectivity index (χ0n) is 9.71. The van der Waals surface area contributed by atoms with Gasteiger partial charge in [-0.25, -0.2) is 0 Å². The van der Waals surface area contributed by atoms with Crippen molar-refractivity contribution in [3.63, 3.8) is 0 Å². The van der Waals surface area contributed by atoms with Gasteiger partial charge in [0.1, 0.15) is 5.75 Å². The standard InChI is InChI=1S/C12H18N2O2/c1-9-4-3-5-10(12(9)16)8-14-7-6-11(15)13-2/h3-5,14,16H,6-8H2,1-2H3,(H,13,15). The zero-order valence-corrected chi connectivity index (χ0v) is 9.71. The Morgan fingerprint density at radius 1 is 1.44 bits per heavy atom. The number of amides is 1. The first kappa shape index (κ1) is 12.5. The average Bonchev–Trinajstić information content (AvgIpc) is 2.29. The number of aromatic hydroxyl groups is 1. The molecule has 0 aliphatic heterocycles. The molecule has 1 rings (SSSR count). The van der Waals surface area contributed by atoms with Gasteiger partial charge in [-0.05, 0) is 12.5 Å². The van der Waals surface area contributed by atoms with Crippen LogP contribution in [0.15, 0.2) is 18.2 Å². The number of nitrogens with one attached hydrogen (secondary N) is 2. The highest BCUT2D eigenvalue weighted by atomic mass is 16.3. The summed E-state index contributed by atoms with van der Waals surface area (Å²) in [5, 5.41) is 15.4. The maximum Gasteiger partial charge on any atom is 0.221 e. The molecular formula is C12H18N2O2. The summed E-state index contributed by atoms with van der Waals surface area (Å²) in [6, 6.07) is 5.64. The molecule has 4 heteroatoms. The van der Waals surface area contributed by atoms with Crippen molar-refractivity contribution in [2.24, 2.45) is 0 Å². The number of para-hydroxylation sites is 1. The van der Waals surface area contributed by atoms with Gasteiger partial charge in [0.05, 0.1) is 0 Å². The predicted octanol–water partition coefficient (Wildman–Crippen LogP) is 0.926. The molecular weight excluding hydrogens is 204 g/mol. The second-order valence-corrected chi connectivity index (χ2v) is 3.68. The topological polar surface area (TPSA) is 61.4 Å². The van der Waals surface area contributed by atoms with Gasteiger partial charge in [-0.2, -0.15) is 0 Å². The summed E-state index contributed by atoms with van der Waals surface area (Å²) >= 11 is 0. The third-order valence-electron chi connectivity index (χ3n) is 2.44. The number of hydrogen-bond donors (Lipinski definition) is 3. The fraction of sp³-hybridized carbons (Fsp3) is 0.417. The van der Waals surface area contributed by atoms with Gasteiger partial charge in [-0.15, -0.1) is 0 Å². The van der Waals surface area contributed by atoms with E-state index in [-0.39, 0.29) is 5.91 Å². The van der Waals surface area contributed by atoms with E-state index in [2.05, 4.69) is 10.6 Å². The van der Waals surface area contributed by atoms with Gasteiger partial charge in [0, 0.05) is 32.1 Å². The SMILES string of the molecule is CNC(=O)CCNCc1cccc(C)c1O. The molecule has 0 aliphatic carbocycles. The summed E-state index contributed by atoms with van der Waals surface area (Å²) in [7, 11) is 1.62. The highest BCUT2D eigenvalue weighted by Gasteiger charge is 2.03. The van der Waals surface area contributed by atoms with E-state index in [1.807, 2.05) is 25.1 Å². The number of aryl methyl sites for hydroxylation is 1. The van der Waals surface area contributed by atoms with Gasteiger partial charge in [-0.3, -0.25) is 4.79 Å². The van der Waals surface area contributed by atoms with Crippen LogP contribution >= 0.6 is 0 Å². The summed E-state index contributed by atoms with van der Waals surface area (Å²) in [4.78, 5) is 10.9. The Labute approximate surface area is 95.7 Å². The van der Waals surface area contributed by atoms with E-state index in [4.69, 9.17) is 0 Å². The van der Waals surface area contributed by atoms with Crippen LogP contribution in [0.3, 0.4) is 0 Å². The summed E-state index contributed by atoms with van der Waals surface area (Å²) in [5.74, 6) is 0.343. The molecule has 88 valence electrons. The van der Waals surface area contributed by atoms with Gasteiger partial charge >= 0.3 is 0 Å². The van der Waals surface area contributed by atoms with Crippen molar-refractivity contribution in [3.05, 3.63) is 29.3 Å². The molecule has 0 saturated heterocycles. The van der Waals surface area contributed by atoms with Crippen LogP contribution in [0.1, 0.15) is 17.5 Å². The molecule has 1 aromatic rings. The van der Waals surface area contributed by atoms with Gasteiger partial charge in [0.25, 0.3) is 0 Å². The normalized spacial score (nSPS) is 10.1. The Balaban J connectivity index is 2.38. The van der Waals surface area contributed by atoms with Crippen LogP contribution < -0.4 is 10.6 Å². The lowest BCUT2D eigenvalue weighted by Gasteiger charge is -2.08. The Bertz CT molecular complexity index is 364. The van der Waals surface area contributed by atoms with E-state index in [1.165, 1.54) is 0 Å². The summed E-state index contributed by atoms with van der Waals surface area (Å²) in [5.41, 5.74) is 1.72. The van der Waals surface area contributed by atoms with Crippen LogP contribution in [-0.2, 0) is 11.3 Å². The Morgan fingerprint density at radius 3 is 2.88 bits per heavy atom. The molecule has 0 heterocycles. The molecule has 3 N–H and O–H groups in total. The van der Waals surface area contributed by atoms with Gasteiger partial charge in [0.2, 0.25) is 5.91 Å². The Hall–Kier alpha value is -1.55. The second kappa shape index (κ2) is 6.12. The smallest absolute Gasteiger partial charge is 0.221 e. The van der Waals surface area contributed by atoms with E-state index in [9.17, 15) is 9.90 Å². The highest BCUT2D eigenvalue weighted by Crippen LogP contribution is 2.20. The van der Waals surface area contributed by atoms with Crippen molar-refractivity contribution in [1.82, 2.24) is 10.6 Å². The monoisotopic (exact) mass is 222 g/mol. The van der Waals surface area contributed by atoms with Crippen LogP contribution in [0.4, 0.5) is 0 Å². The third kappa shape index (κ3) is 3.55. The Morgan fingerprint density at radius 2 is 2.19 bits per heavy atom. The average molecular weight is 222 g/mol. The number of rotatable bonds is 5. The zero-order chi connectivity index (χ0) is 12.0. The second-order valence-electron chi connectivity index (χ2n) is 3.68. The summed E-state index contributed by atoms with van der Waals surface area (Å²) in [6.45, 7) is 3.04. The minimum Gasteiger partial charge on any atom is -0.507 e. The number of benzene rings is 1. The molecule has 0 radical (unpaired) electrons. The molecule has 0 fully saturated rings. The van der Waals surface area contributed by atoms with E-state index in [0.29, 0.717) is 25.3 Å². The minimum atomic E-state index is 0.0148. The van der Waals surface area contributed by atoms with Crippen molar-refractivity contribution >= 4 is 5.91 Å². The highest BCUT2D eigenvalue weighted by molar-refractivity contribution is 5.75. The first-order valence-electron chi connectivity index (χ1n) is 5.34. The fourth-order valence-corrected chi connectivity index (χ4v) is 1.41. The molecule has 1 amide bonds. The lowest BCUT2D eigenvalue weighted by Crippen LogP contribution is -2.24. The molecule has 0 unspecified atom stereocenters. The molecule has 0 aliphatic rings. The number of hydrogen-bond acceptors (Lipinski definition) is 3. The molecule has 4 nitrogen and oxygen atoms in total. The van der Waals surface area contributed by atoms with Crippen molar-refractivity contribution in [1.29, 1.82) is 0 Å². The van der Waals surface area contributed by atoms with Crippen LogP contribution in [0, 0.1) is 6.92 Å². The number of carbonyl (C=O) groups is 1. The Kier molecular flexibility index (Phi) is 4.79. The van der Waals surface area contributed by atoms with Crippen LogP contribution in [-0.4, -0.2) is 24.6 Å². The van der Waals surface area contributed by atoms with E-state index in [1.54, 1.807) is 7.05 Å². The first-order valence-corrected chi connectivity index (χ1v) is 5.34. The van der Waals surface area contributed by atoms with E-state index in [0.717, 1.165) is 11.1 Å². The van der Waals surface area contributed by atoms with Crippen molar-refractivity contribution in [3.8, 4) is 5.75 Å². The fourth-order valence-electron chi connectivity index (χ4n) is 1.41. The van der Waals surface area contributed by atoms with Gasteiger partial charge < -0.3 is 15.7 Å². The van der Waals surface area contributed by atoms with Crippen molar-refractivity contribution < 1.29 is 9.90 Å². The predicted molar refractivity (Wildman–Crippen MR) is 63.2 cm³/mol. The summed E-state index contributed by atoms with van der Waals surface area (Å²) in [6.07, 6.45) is 0.447. The van der Waals surface area contributed by atoms with Crippen LogP contribution in [0.25, 0.3) is 0 Å². The van der Waals surface area contributed by atoms with Crippen molar-refractivity contribution in [2.75, 3.05) is 13.6 Å². The van der Waals surface area contributed by atoms with Crippen LogP contribution in [0.2, 0.25) is 0 Å². The molecule has 1 aromatic carbocycles. The van der Waals surface area contributed by atoms with Crippen LogP contribution in [0.5, 0.6) is 5.75 Å². The lowest BCUT2D eigenvalue weighted by atomic mass is 10.1. The third-order valence-corrected chi connectivity index (χ3v) is 2.44. The molecule has 0 spiro atoms. The van der Waals surface area contributed by atoms with Gasteiger partial charge in [-0.1, -0.05) is 18.2 Å².